The lowest BCUT2D eigenvalue weighted by Crippen LogP contribution is -2.36. The van der Waals surface area contributed by atoms with Crippen molar-refractivity contribution in [1.82, 2.24) is 4.90 Å². The highest BCUT2D eigenvalue weighted by molar-refractivity contribution is 6.08. The number of nitrogens with zero attached hydrogens (tertiary/aromatic N) is 1. The van der Waals surface area contributed by atoms with E-state index in [1.807, 2.05) is 24.3 Å². The van der Waals surface area contributed by atoms with E-state index in [1.165, 1.54) is 10.5 Å². The Balaban J connectivity index is 1.68. The van der Waals surface area contributed by atoms with Crippen LogP contribution in [0.4, 0.5) is 0 Å². The molecule has 4 nitrogen and oxygen atoms in total. The van der Waals surface area contributed by atoms with Crippen LogP contribution in [0.15, 0.2) is 24.3 Å². The van der Waals surface area contributed by atoms with Gasteiger partial charge in [0.1, 0.15) is 0 Å². The van der Waals surface area contributed by atoms with Crippen molar-refractivity contribution in [1.29, 1.82) is 0 Å². The van der Waals surface area contributed by atoms with Crippen LogP contribution in [-0.4, -0.2) is 28.4 Å². The Morgan fingerprint density at radius 3 is 2.10 bits per heavy atom. The molecule has 0 aromatic heterocycles. The Bertz CT molecular complexity index is 529. The number of likely N-dealkylation sites (tertiary alicyclic amines) is 1. The standard InChI is InChI=1S/C16H19NO3/c1-9(2)10-3-5-11(6-4-10)14(18)8-17-15(19)12-7-13(12)16(17)20/h3-6,9,12-14,18H,7-8H2,1-2H3. The molecule has 1 aliphatic carbocycles. The fraction of sp³-hybridized carbons (Fsp3) is 0.500. The van der Waals surface area contributed by atoms with Crippen LogP contribution in [0.2, 0.25) is 0 Å². The number of hydrogen-bond acceptors (Lipinski definition) is 3. The highest BCUT2D eigenvalue weighted by atomic mass is 16.3. The van der Waals surface area contributed by atoms with Crippen molar-refractivity contribution in [3.63, 3.8) is 0 Å². The second kappa shape index (κ2) is 4.70. The Morgan fingerprint density at radius 2 is 1.60 bits per heavy atom. The Morgan fingerprint density at radius 1 is 1.10 bits per heavy atom. The summed E-state index contributed by atoms with van der Waals surface area (Å²) in [6.07, 6.45) is -0.102. The summed E-state index contributed by atoms with van der Waals surface area (Å²) in [5.74, 6) is 0.0155. The minimum atomic E-state index is -0.804. The molecule has 0 bridgehead atoms. The second-order valence-corrected chi connectivity index (χ2v) is 6.07. The summed E-state index contributed by atoms with van der Waals surface area (Å²) in [5, 5.41) is 10.2. The zero-order valence-electron chi connectivity index (χ0n) is 11.7. The van der Waals surface area contributed by atoms with Crippen molar-refractivity contribution in [2.75, 3.05) is 6.54 Å². The van der Waals surface area contributed by atoms with Gasteiger partial charge in [-0.2, -0.15) is 0 Å². The lowest BCUT2D eigenvalue weighted by molar-refractivity contribution is -0.143. The van der Waals surface area contributed by atoms with Crippen LogP contribution in [0.5, 0.6) is 0 Å². The van der Waals surface area contributed by atoms with Gasteiger partial charge in [0.15, 0.2) is 0 Å². The lowest BCUT2D eigenvalue weighted by Gasteiger charge is -2.20. The van der Waals surface area contributed by atoms with Gasteiger partial charge in [-0.1, -0.05) is 38.1 Å². The summed E-state index contributed by atoms with van der Waals surface area (Å²) in [6.45, 7) is 4.30. The minimum absolute atomic E-state index is 0.0751. The van der Waals surface area contributed by atoms with Crippen LogP contribution >= 0.6 is 0 Å². The van der Waals surface area contributed by atoms with E-state index in [9.17, 15) is 14.7 Å². The van der Waals surface area contributed by atoms with Crippen LogP contribution in [0.1, 0.15) is 43.4 Å². The monoisotopic (exact) mass is 273 g/mol. The van der Waals surface area contributed by atoms with Gasteiger partial charge in [-0.15, -0.1) is 0 Å². The van der Waals surface area contributed by atoms with E-state index in [0.717, 1.165) is 5.56 Å². The summed E-state index contributed by atoms with van der Waals surface area (Å²) in [6, 6.07) is 7.69. The van der Waals surface area contributed by atoms with Gasteiger partial charge in [-0.05, 0) is 23.5 Å². The van der Waals surface area contributed by atoms with Gasteiger partial charge in [0.2, 0.25) is 11.8 Å². The summed E-state index contributed by atoms with van der Waals surface area (Å²) >= 11 is 0. The quantitative estimate of drug-likeness (QED) is 0.852. The maximum atomic E-state index is 11.9. The molecule has 20 heavy (non-hydrogen) atoms. The maximum Gasteiger partial charge on any atom is 0.233 e. The number of amides is 2. The number of aliphatic hydroxyl groups excluding tert-OH is 1. The molecule has 2 amide bonds. The second-order valence-electron chi connectivity index (χ2n) is 6.07. The molecule has 1 aromatic rings. The zero-order chi connectivity index (χ0) is 14.4. The molecule has 3 atom stereocenters. The largest absolute Gasteiger partial charge is 0.387 e. The van der Waals surface area contributed by atoms with Crippen LogP contribution in [-0.2, 0) is 9.59 Å². The third-order valence-corrected chi connectivity index (χ3v) is 4.30. The van der Waals surface area contributed by atoms with Gasteiger partial charge in [-0.3, -0.25) is 14.5 Å². The van der Waals surface area contributed by atoms with Crippen LogP contribution in [0.25, 0.3) is 0 Å². The van der Waals surface area contributed by atoms with Gasteiger partial charge in [-0.25, -0.2) is 0 Å². The summed E-state index contributed by atoms with van der Waals surface area (Å²) < 4.78 is 0. The SMILES string of the molecule is CC(C)c1ccc(C(O)CN2C(=O)C3CC3C2=O)cc1. The molecule has 4 heteroatoms. The van der Waals surface area contributed by atoms with E-state index >= 15 is 0 Å². The Labute approximate surface area is 118 Å². The predicted octanol–water partition coefficient (Wildman–Crippen LogP) is 1.85. The van der Waals surface area contributed by atoms with Crippen LogP contribution < -0.4 is 0 Å². The summed E-state index contributed by atoms with van der Waals surface area (Å²) in [7, 11) is 0. The first-order valence-corrected chi connectivity index (χ1v) is 7.12. The number of benzene rings is 1. The molecule has 0 radical (unpaired) electrons. The van der Waals surface area contributed by atoms with Crippen molar-refractivity contribution >= 4 is 11.8 Å². The van der Waals surface area contributed by atoms with E-state index in [4.69, 9.17) is 0 Å². The topological polar surface area (TPSA) is 57.6 Å². The van der Waals surface area contributed by atoms with Gasteiger partial charge in [0.05, 0.1) is 24.5 Å². The average molecular weight is 273 g/mol. The normalized spacial score (nSPS) is 26.1. The zero-order valence-corrected chi connectivity index (χ0v) is 11.7. The summed E-state index contributed by atoms with van der Waals surface area (Å²) in [4.78, 5) is 24.9. The van der Waals surface area contributed by atoms with Crippen molar-refractivity contribution in [2.45, 2.75) is 32.3 Å². The van der Waals surface area contributed by atoms with Gasteiger partial charge >= 0.3 is 0 Å². The molecular formula is C16H19NO3. The number of hydrogen-bond donors (Lipinski definition) is 1. The molecule has 1 aliphatic heterocycles. The predicted molar refractivity (Wildman–Crippen MR) is 73.8 cm³/mol. The Hall–Kier alpha value is -1.68. The first-order valence-electron chi connectivity index (χ1n) is 7.12. The molecule has 1 aromatic carbocycles. The first-order chi connectivity index (χ1) is 9.49. The fourth-order valence-corrected chi connectivity index (χ4v) is 2.81. The molecule has 1 N–H and O–H groups in total. The Kier molecular flexibility index (Phi) is 3.13. The first kappa shape index (κ1) is 13.3. The number of piperidine rings is 1. The molecular weight excluding hydrogens is 254 g/mol. The third kappa shape index (κ3) is 2.14. The molecule has 1 heterocycles. The number of aliphatic hydroxyl groups is 1. The van der Waals surface area contributed by atoms with Crippen LogP contribution in [0, 0.1) is 11.8 Å². The van der Waals surface area contributed by atoms with Crippen molar-refractivity contribution in [3.8, 4) is 0 Å². The molecule has 0 spiro atoms. The van der Waals surface area contributed by atoms with E-state index in [2.05, 4.69) is 13.8 Å². The number of fused-ring (bicyclic) bond motifs is 1. The molecule has 2 aliphatic rings. The minimum Gasteiger partial charge on any atom is -0.387 e. The fourth-order valence-electron chi connectivity index (χ4n) is 2.81. The number of carbonyl (C=O) groups excluding carboxylic acids is 2. The highest BCUT2D eigenvalue weighted by Crippen LogP contribution is 2.47. The van der Waals surface area contributed by atoms with Crippen LogP contribution in [0.3, 0.4) is 0 Å². The average Bonchev–Trinajstić information content (AvgIpc) is 3.19. The van der Waals surface area contributed by atoms with Crippen molar-refractivity contribution in [3.05, 3.63) is 35.4 Å². The maximum absolute atomic E-state index is 11.9. The van der Waals surface area contributed by atoms with E-state index in [-0.39, 0.29) is 30.2 Å². The third-order valence-electron chi connectivity index (χ3n) is 4.30. The van der Waals surface area contributed by atoms with Crippen molar-refractivity contribution in [2.24, 2.45) is 11.8 Å². The molecule has 3 unspecified atom stereocenters. The lowest BCUT2D eigenvalue weighted by atomic mass is 10.00. The smallest absolute Gasteiger partial charge is 0.233 e. The van der Waals surface area contributed by atoms with Gasteiger partial charge in [0, 0.05) is 0 Å². The number of imide groups is 1. The highest BCUT2D eigenvalue weighted by Gasteiger charge is 2.58. The summed E-state index contributed by atoms with van der Waals surface area (Å²) in [5.41, 5.74) is 1.95. The van der Waals surface area contributed by atoms with Crippen molar-refractivity contribution < 1.29 is 14.7 Å². The number of β-amino-alcohol motifs (C(OH)–C–C–N with tert-alkyl or cyclic N) is 1. The number of rotatable bonds is 4. The van der Waals surface area contributed by atoms with E-state index in [1.54, 1.807) is 0 Å². The molecule has 1 saturated carbocycles. The van der Waals surface area contributed by atoms with Gasteiger partial charge < -0.3 is 5.11 Å². The van der Waals surface area contributed by atoms with E-state index in [0.29, 0.717) is 12.3 Å². The molecule has 1 saturated heterocycles. The molecule has 2 fully saturated rings. The molecule has 3 rings (SSSR count). The number of carbonyl (C=O) groups is 2. The molecule has 106 valence electrons. The van der Waals surface area contributed by atoms with E-state index < -0.39 is 6.10 Å². The van der Waals surface area contributed by atoms with Gasteiger partial charge in [0.25, 0.3) is 0 Å².